The van der Waals surface area contributed by atoms with Crippen LogP contribution in [0.1, 0.15) is 44.2 Å². The van der Waals surface area contributed by atoms with E-state index in [1.54, 1.807) is 0 Å². The molecular formula is C16H20F3N3O. The van der Waals surface area contributed by atoms with Gasteiger partial charge in [0, 0.05) is 5.56 Å². The van der Waals surface area contributed by atoms with Crippen LogP contribution in [0.5, 0.6) is 0 Å². The van der Waals surface area contributed by atoms with E-state index in [0.29, 0.717) is 11.5 Å². The van der Waals surface area contributed by atoms with Gasteiger partial charge < -0.3 is 4.52 Å². The van der Waals surface area contributed by atoms with Gasteiger partial charge >= 0.3 is 6.18 Å². The lowest BCUT2D eigenvalue weighted by Gasteiger charge is -2.20. The zero-order valence-corrected chi connectivity index (χ0v) is 13.4. The van der Waals surface area contributed by atoms with Crippen molar-refractivity contribution in [3.8, 4) is 11.4 Å². The summed E-state index contributed by atoms with van der Waals surface area (Å²) in [6.45, 7) is 4.93. The number of alkyl halides is 3. The summed E-state index contributed by atoms with van der Waals surface area (Å²) in [6.07, 6.45) is -2.26. The molecule has 1 aromatic heterocycles. The van der Waals surface area contributed by atoms with Gasteiger partial charge in [-0.25, -0.2) is 0 Å². The van der Waals surface area contributed by atoms with E-state index in [9.17, 15) is 13.2 Å². The maximum atomic E-state index is 12.8. The summed E-state index contributed by atoms with van der Waals surface area (Å²) in [6, 6.07) is 4.83. The quantitative estimate of drug-likeness (QED) is 0.781. The number of hydrogen-bond acceptors (Lipinski definition) is 4. The molecule has 1 unspecified atom stereocenters. The van der Waals surface area contributed by atoms with Crippen LogP contribution in [0.15, 0.2) is 28.8 Å². The predicted molar refractivity (Wildman–Crippen MR) is 80.7 cm³/mol. The Bertz CT molecular complexity index is 639. The van der Waals surface area contributed by atoms with E-state index >= 15 is 0 Å². The average molecular weight is 327 g/mol. The molecule has 1 atom stereocenters. The summed E-state index contributed by atoms with van der Waals surface area (Å²) in [5.41, 5.74) is -0.437. The summed E-state index contributed by atoms with van der Waals surface area (Å²) >= 11 is 0. The molecule has 2 rings (SSSR count). The minimum absolute atomic E-state index is 0.0893. The van der Waals surface area contributed by atoms with Crippen molar-refractivity contribution >= 4 is 0 Å². The second-order valence-electron chi connectivity index (χ2n) is 5.54. The molecule has 2 aromatic rings. The van der Waals surface area contributed by atoms with Gasteiger partial charge in [-0.05, 0) is 39.1 Å². The molecule has 126 valence electrons. The molecule has 0 radical (unpaired) electrons. The summed E-state index contributed by atoms with van der Waals surface area (Å²) in [5.74, 6) is 0.567. The monoisotopic (exact) mass is 327 g/mol. The van der Waals surface area contributed by atoms with Gasteiger partial charge in [-0.15, -0.1) is 0 Å². The van der Waals surface area contributed by atoms with Gasteiger partial charge in [0.1, 0.15) is 0 Å². The molecule has 7 heteroatoms. The molecule has 0 amide bonds. The van der Waals surface area contributed by atoms with Gasteiger partial charge in [0.15, 0.2) is 0 Å². The lowest BCUT2D eigenvalue weighted by molar-refractivity contribution is -0.137. The van der Waals surface area contributed by atoms with Gasteiger partial charge in [0.25, 0.3) is 0 Å². The highest BCUT2D eigenvalue weighted by Crippen LogP contribution is 2.31. The molecule has 1 heterocycles. The first-order valence-corrected chi connectivity index (χ1v) is 7.54. The molecule has 0 aliphatic carbocycles. The van der Waals surface area contributed by atoms with E-state index in [4.69, 9.17) is 4.52 Å². The van der Waals surface area contributed by atoms with Crippen molar-refractivity contribution in [2.24, 2.45) is 0 Å². The molecule has 0 spiro atoms. The second-order valence-corrected chi connectivity index (χ2v) is 5.54. The van der Waals surface area contributed by atoms with E-state index in [1.807, 2.05) is 14.0 Å². The number of hydrogen-bond donors (Lipinski definition) is 0. The summed E-state index contributed by atoms with van der Waals surface area (Å²) in [5, 5.41) is 3.81. The molecule has 0 saturated carbocycles. The molecule has 0 bridgehead atoms. The van der Waals surface area contributed by atoms with Crippen molar-refractivity contribution in [3.05, 3.63) is 35.7 Å². The Labute approximate surface area is 133 Å². The predicted octanol–water partition coefficient (Wildman–Crippen LogP) is 4.55. The van der Waals surface area contributed by atoms with E-state index in [-0.39, 0.29) is 11.9 Å². The third-order valence-corrected chi connectivity index (χ3v) is 3.77. The maximum Gasteiger partial charge on any atom is 0.416 e. The Morgan fingerprint density at radius 2 is 2.04 bits per heavy atom. The highest BCUT2D eigenvalue weighted by molar-refractivity contribution is 5.55. The molecule has 0 N–H and O–H groups in total. The van der Waals surface area contributed by atoms with E-state index < -0.39 is 11.7 Å². The molecule has 0 aliphatic heterocycles. The topological polar surface area (TPSA) is 42.2 Å². The van der Waals surface area contributed by atoms with Crippen molar-refractivity contribution in [1.29, 1.82) is 0 Å². The van der Waals surface area contributed by atoms with Crippen LogP contribution in [-0.4, -0.2) is 28.6 Å². The number of unbranched alkanes of at least 4 members (excludes halogenated alkanes) is 1. The molecule has 1 aromatic carbocycles. The molecule has 0 saturated heterocycles. The molecule has 23 heavy (non-hydrogen) atoms. The fourth-order valence-electron chi connectivity index (χ4n) is 2.15. The Morgan fingerprint density at radius 3 is 2.70 bits per heavy atom. The zero-order chi connectivity index (χ0) is 17.0. The van der Waals surface area contributed by atoms with Gasteiger partial charge in [-0.1, -0.05) is 30.6 Å². The van der Waals surface area contributed by atoms with E-state index in [1.165, 1.54) is 12.1 Å². The van der Waals surface area contributed by atoms with Gasteiger partial charge in [0.2, 0.25) is 11.7 Å². The lowest BCUT2D eigenvalue weighted by atomic mass is 10.1. The first kappa shape index (κ1) is 17.5. The third-order valence-electron chi connectivity index (χ3n) is 3.77. The van der Waals surface area contributed by atoms with Gasteiger partial charge in [0.05, 0.1) is 11.6 Å². The molecule has 0 fully saturated rings. The summed E-state index contributed by atoms with van der Waals surface area (Å²) < 4.78 is 43.5. The van der Waals surface area contributed by atoms with Crippen LogP contribution in [0.25, 0.3) is 11.4 Å². The van der Waals surface area contributed by atoms with Crippen LogP contribution < -0.4 is 0 Å². The lowest BCUT2D eigenvalue weighted by Crippen LogP contribution is -2.23. The van der Waals surface area contributed by atoms with Crippen molar-refractivity contribution in [2.75, 3.05) is 13.6 Å². The SMILES string of the molecule is CCCCN(C)C(C)c1nc(-c2cccc(C(F)(F)F)c2)no1. The fraction of sp³-hybridized carbons (Fsp3) is 0.500. The van der Waals surface area contributed by atoms with Gasteiger partial charge in [-0.3, -0.25) is 4.90 Å². The normalized spacial score (nSPS) is 13.5. The highest BCUT2D eigenvalue weighted by Gasteiger charge is 2.31. The van der Waals surface area contributed by atoms with E-state index in [0.717, 1.165) is 31.5 Å². The molecular weight excluding hydrogens is 307 g/mol. The number of nitrogens with zero attached hydrogens (tertiary/aromatic N) is 3. The molecule has 4 nitrogen and oxygen atoms in total. The number of halogens is 3. The largest absolute Gasteiger partial charge is 0.416 e. The van der Waals surface area contributed by atoms with Crippen LogP contribution in [0.4, 0.5) is 13.2 Å². The summed E-state index contributed by atoms with van der Waals surface area (Å²) in [7, 11) is 1.95. The van der Waals surface area contributed by atoms with Crippen molar-refractivity contribution in [1.82, 2.24) is 15.0 Å². The maximum absolute atomic E-state index is 12.8. The van der Waals surface area contributed by atoms with Crippen LogP contribution >= 0.6 is 0 Å². The van der Waals surface area contributed by atoms with Crippen LogP contribution in [0, 0.1) is 0 Å². The third kappa shape index (κ3) is 4.31. The highest BCUT2D eigenvalue weighted by atomic mass is 19.4. The first-order valence-electron chi connectivity index (χ1n) is 7.54. The minimum Gasteiger partial charge on any atom is -0.337 e. The Hall–Kier alpha value is -1.89. The summed E-state index contributed by atoms with van der Waals surface area (Å²) in [4.78, 5) is 6.32. The average Bonchev–Trinajstić information content (AvgIpc) is 3.01. The number of benzene rings is 1. The van der Waals surface area contributed by atoms with Crippen molar-refractivity contribution < 1.29 is 17.7 Å². The zero-order valence-electron chi connectivity index (χ0n) is 13.4. The number of rotatable bonds is 6. The fourth-order valence-corrected chi connectivity index (χ4v) is 2.15. The number of aromatic nitrogens is 2. The van der Waals surface area contributed by atoms with E-state index in [2.05, 4.69) is 22.0 Å². The Kier molecular flexibility index (Phi) is 5.41. The van der Waals surface area contributed by atoms with Crippen LogP contribution in [0.2, 0.25) is 0 Å². The standard InChI is InChI=1S/C16H20F3N3O/c1-4-5-9-22(3)11(2)15-20-14(21-23-15)12-7-6-8-13(10-12)16(17,18)19/h6-8,10-11H,4-5,9H2,1-3H3. The second kappa shape index (κ2) is 7.12. The molecule has 0 aliphatic rings. The van der Waals surface area contributed by atoms with Crippen molar-refractivity contribution in [3.63, 3.8) is 0 Å². The Balaban J connectivity index is 2.19. The smallest absolute Gasteiger partial charge is 0.337 e. The minimum atomic E-state index is -4.39. The first-order chi connectivity index (χ1) is 10.8. The van der Waals surface area contributed by atoms with Crippen LogP contribution in [0.3, 0.4) is 0 Å². The van der Waals surface area contributed by atoms with Crippen molar-refractivity contribution in [2.45, 2.75) is 38.9 Å². The Morgan fingerprint density at radius 1 is 1.30 bits per heavy atom. The van der Waals surface area contributed by atoms with Crippen LogP contribution in [-0.2, 0) is 6.18 Å². The van der Waals surface area contributed by atoms with Gasteiger partial charge in [-0.2, -0.15) is 18.2 Å².